The number of aliphatic hydroxyl groups excluding tert-OH is 2. The summed E-state index contributed by atoms with van der Waals surface area (Å²) in [4.78, 5) is 39.5. The molecule has 17 heteroatoms. The van der Waals surface area contributed by atoms with Crippen LogP contribution in [0.25, 0.3) is 0 Å². The summed E-state index contributed by atoms with van der Waals surface area (Å²) in [6.45, 7) is 6.73. The summed E-state index contributed by atoms with van der Waals surface area (Å²) in [7, 11) is -4.46. The smallest absolute Gasteiger partial charge is 0.462 e. The van der Waals surface area contributed by atoms with Crippen LogP contribution < -0.4 is 16.5 Å². The van der Waals surface area contributed by atoms with Gasteiger partial charge in [0.1, 0.15) is 30.2 Å². The first-order chi connectivity index (χ1) is 17.3. The van der Waals surface area contributed by atoms with Crippen molar-refractivity contribution in [3.8, 4) is 0 Å². The fourth-order valence-corrected chi connectivity index (χ4v) is 4.67. The topological polar surface area (TPSA) is 220 Å². The number of aliphatic hydroxyl groups is 2. The van der Waals surface area contributed by atoms with Crippen LogP contribution in [0.1, 0.15) is 40.8 Å². The first-order valence-electron chi connectivity index (χ1n) is 11.4. The van der Waals surface area contributed by atoms with Gasteiger partial charge in [-0.3, -0.25) is 18.4 Å². The largest absolute Gasteiger partial charge is 0.510 e. The van der Waals surface area contributed by atoms with Gasteiger partial charge < -0.3 is 34.9 Å². The maximum Gasteiger partial charge on any atom is 0.510 e. The number of rotatable bonds is 12. The minimum Gasteiger partial charge on any atom is -0.462 e. The predicted octanol–water partition coefficient (Wildman–Crippen LogP) is 0.0348. The van der Waals surface area contributed by atoms with Crippen LogP contribution in [0.2, 0.25) is 0 Å². The van der Waals surface area contributed by atoms with Crippen molar-refractivity contribution in [3.63, 3.8) is 0 Å². The molecule has 2 rings (SSSR count). The summed E-state index contributed by atoms with van der Waals surface area (Å²) in [5, 5.41) is 23.2. The quantitative estimate of drug-likeness (QED) is 0.153. The van der Waals surface area contributed by atoms with E-state index >= 15 is 0 Å². The zero-order valence-corrected chi connectivity index (χ0v) is 21.9. The Morgan fingerprint density at radius 3 is 2.51 bits per heavy atom. The minimum absolute atomic E-state index is 0.0169. The van der Waals surface area contributed by atoms with Crippen molar-refractivity contribution in [2.45, 2.75) is 77.6 Å². The molecule has 16 nitrogen and oxygen atoms in total. The van der Waals surface area contributed by atoms with E-state index < -0.39 is 75.1 Å². The second kappa shape index (κ2) is 13.3. The van der Waals surface area contributed by atoms with E-state index in [1.165, 1.54) is 26.1 Å². The van der Waals surface area contributed by atoms with Crippen LogP contribution >= 0.6 is 7.75 Å². The normalized spacial score (nSPS) is 24.8. The summed E-state index contributed by atoms with van der Waals surface area (Å²) in [5.74, 6) is -0.827. The molecule has 1 fully saturated rings. The van der Waals surface area contributed by atoms with E-state index in [0.29, 0.717) is 0 Å². The molecule has 0 radical (unpaired) electrons. The van der Waals surface area contributed by atoms with Gasteiger partial charge in [0.05, 0.1) is 19.3 Å². The van der Waals surface area contributed by atoms with Crippen molar-refractivity contribution >= 4 is 25.7 Å². The van der Waals surface area contributed by atoms with Crippen LogP contribution in [0.4, 0.5) is 10.6 Å². The second-order valence-electron chi connectivity index (χ2n) is 8.19. The molecule has 1 aliphatic heterocycles. The molecule has 210 valence electrons. The van der Waals surface area contributed by atoms with Crippen molar-refractivity contribution < 1.29 is 52.4 Å². The first-order valence-corrected chi connectivity index (χ1v) is 12.9. The van der Waals surface area contributed by atoms with Gasteiger partial charge in [0.2, 0.25) is 6.29 Å². The Morgan fingerprint density at radius 2 is 1.92 bits per heavy atom. The molecule has 5 N–H and O–H groups in total. The third-order valence-corrected chi connectivity index (χ3v) is 6.51. The third kappa shape index (κ3) is 8.74. The van der Waals surface area contributed by atoms with E-state index in [2.05, 4.69) is 14.8 Å². The van der Waals surface area contributed by atoms with Gasteiger partial charge in [-0.1, -0.05) is 0 Å². The Hall–Kier alpha value is -2.59. The molecule has 0 saturated carbocycles. The van der Waals surface area contributed by atoms with Gasteiger partial charge in [0.15, 0.2) is 6.23 Å². The maximum atomic E-state index is 13.5. The molecule has 0 spiro atoms. The van der Waals surface area contributed by atoms with Crippen molar-refractivity contribution in [3.05, 3.63) is 22.7 Å². The van der Waals surface area contributed by atoms with Gasteiger partial charge >= 0.3 is 25.6 Å². The van der Waals surface area contributed by atoms with Gasteiger partial charge in [0, 0.05) is 6.20 Å². The zero-order chi connectivity index (χ0) is 27.9. The highest BCUT2D eigenvalue weighted by Gasteiger charge is 2.46. The average Bonchev–Trinajstić information content (AvgIpc) is 3.05. The van der Waals surface area contributed by atoms with Gasteiger partial charge in [-0.15, -0.1) is 0 Å². The third-order valence-electron chi connectivity index (χ3n) is 4.74. The highest BCUT2D eigenvalue weighted by Crippen LogP contribution is 2.47. The van der Waals surface area contributed by atoms with E-state index in [1.54, 1.807) is 20.8 Å². The lowest BCUT2D eigenvalue weighted by atomic mass is 10.1. The molecule has 0 bridgehead atoms. The lowest BCUT2D eigenvalue weighted by Gasteiger charge is -2.26. The molecule has 1 aromatic rings. The van der Waals surface area contributed by atoms with Crippen LogP contribution in [0, 0.1) is 0 Å². The first kappa shape index (κ1) is 30.6. The highest BCUT2D eigenvalue weighted by atomic mass is 31.2. The number of carbonyl (C=O) groups is 2. The Morgan fingerprint density at radius 1 is 1.24 bits per heavy atom. The summed E-state index contributed by atoms with van der Waals surface area (Å²) < 4.78 is 45.1. The van der Waals surface area contributed by atoms with E-state index in [1.807, 2.05) is 0 Å². The highest BCUT2D eigenvalue weighted by molar-refractivity contribution is 7.51. The monoisotopic (exact) mass is 552 g/mol. The number of nitrogens with one attached hydrogen (secondary N) is 1. The number of nitrogens with two attached hydrogens (primary N) is 1. The van der Waals surface area contributed by atoms with E-state index in [9.17, 15) is 29.2 Å². The second-order valence-corrected chi connectivity index (χ2v) is 9.91. The Kier molecular flexibility index (Phi) is 11.0. The van der Waals surface area contributed by atoms with Gasteiger partial charge in [-0.05, 0) is 40.7 Å². The molecule has 2 heterocycles. The molecule has 7 atom stereocenters. The lowest BCUT2D eigenvalue weighted by molar-refractivity contribution is -0.149. The molecule has 0 amide bonds. The van der Waals surface area contributed by atoms with Crippen LogP contribution in [0.15, 0.2) is 17.1 Å². The number of hydrogen-bond donors (Lipinski definition) is 4. The van der Waals surface area contributed by atoms with Crippen LogP contribution in [0.5, 0.6) is 0 Å². The number of carbonyl (C=O) groups excluding carboxylic acids is 2. The van der Waals surface area contributed by atoms with Crippen molar-refractivity contribution in [1.82, 2.24) is 14.6 Å². The maximum absolute atomic E-state index is 13.5. The Bertz CT molecular complexity index is 1040. The summed E-state index contributed by atoms with van der Waals surface area (Å²) in [5.41, 5.74) is 4.63. The molecule has 37 heavy (non-hydrogen) atoms. The molecule has 0 aromatic carbocycles. The summed E-state index contributed by atoms with van der Waals surface area (Å²) >= 11 is 0. The Balaban J connectivity index is 2.16. The molecule has 1 aliphatic rings. The molecule has 4 unspecified atom stereocenters. The van der Waals surface area contributed by atoms with Crippen molar-refractivity contribution in [2.24, 2.45) is 0 Å². The average molecular weight is 552 g/mol. The Labute approximate surface area is 212 Å². The number of esters is 1. The molecule has 1 aromatic heterocycles. The van der Waals surface area contributed by atoms with Gasteiger partial charge in [0.25, 0.3) is 0 Å². The van der Waals surface area contributed by atoms with Crippen molar-refractivity contribution in [1.29, 1.82) is 0 Å². The van der Waals surface area contributed by atoms with Crippen LogP contribution in [0.3, 0.4) is 0 Å². The molecule has 0 aliphatic carbocycles. The van der Waals surface area contributed by atoms with Crippen LogP contribution in [-0.4, -0.2) is 81.9 Å². The van der Waals surface area contributed by atoms with Gasteiger partial charge in [-0.25, -0.2) is 19.2 Å². The lowest BCUT2D eigenvalue weighted by Crippen LogP contribution is -2.38. The van der Waals surface area contributed by atoms with Gasteiger partial charge in [-0.2, -0.15) is 4.98 Å². The fourth-order valence-electron chi connectivity index (χ4n) is 3.11. The van der Waals surface area contributed by atoms with E-state index in [-0.39, 0.29) is 12.4 Å². The number of hydrogen-bond acceptors (Lipinski definition) is 14. The molecular weight excluding hydrogens is 519 g/mol. The minimum atomic E-state index is -4.46. The number of anilines is 1. The van der Waals surface area contributed by atoms with E-state index in [0.717, 1.165) is 4.57 Å². The predicted molar refractivity (Wildman–Crippen MR) is 125 cm³/mol. The fraction of sp³-hybridized carbons (Fsp3) is 0.700. The molecular formula is C20H33N4O12P. The van der Waals surface area contributed by atoms with E-state index in [4.69, 9.17) is 29.0 Å². The molecule has 1 saturated heterocycles. The zero-order valence-electron chi connectivity index (χ0n) is 21.0. The summed E-state index contributed by atoms with van der Waals surface area (Å²) in [6, 6.07) is 0.0950. The van der Waals surface area contributed by atoms with Crippen LogP contribution in [-0.2, 0) is 37.4 Å². The number of nitrogens with zero attached hydrogens (tertiary/aromatic N) is 2. The number of aromatic nitrogens is 2. The SMILES string of the molecule is CCOC(=O)OC(C)OP(=O)(N[C@@H](C)C(=O)OC(C)C)OCC1O[C@H](n2ccc(N)nc2=O)C(O)[C@H]1O. The number of ether oxygens (including phenoxy) is 4. The number of nitrogen functional groups attached to an aromatic ring is 1. The standard InChI is InChI=1S/C20H33N4O12P/c1-6-31-20(29)34-12(5)36-37(30,23-11(4)18(27)33-10(2)3)32-9-13-15(25)16(26)17(35-13)24-8-7-14(21)22-19(24)28/h7-8,10-13,15-17,25-26H,6,9H2,1-5H3,(H,23,30)(H2,21,22,28)/t11-,12?,13?,15-,16?,17-,37?/m0/s1. The van der Waals surface area contributed by atoms with Crippen molar-refractivity contribution in [2.75, 3.05) is 18.9 Å². The summed E-state index contributed by atoms with van der Waals surface area (Å²) in [6.07, 6.45) is -7.63.